The summed E-state index contributed by atoms with van der Waals surface area (Å²) in [6.45, 7) is 5.23. The standard InChI is InChI=1S/C7H10O/c1-2-3-7-4-5-8-6-7/h2,4H,1,3,5-6H2. The van der Waals surface area contributed by atoms with E-state index in [0.29, 0.717) is 0 Å². The van der Waals surface area contributed by atoms with Crippen molar-refractivity contribution in [1.82, 2.24) is 0 Å². The van der Waals surface area contributed by atoms with Gasteiger partial charge < -0.3 is 4.74 Å². The Morgan fingerprint density at radius 1 is 1.88 bits per heavy atom. The Balaban J connectivity index is 2.33. The van der Waals surface area contributed by atoms with Gasteiger partial charge in [0.15, 0.2) is 0 Å². The summed E-state index contributed by atoms with van der Waals surface area (Å²) in [7, 11) is 0. The Morgan fingerprint density at radius 3 is 3.25 bits per heavy atom. The summed E-state index contributed by atoms with van der Waals surface area (Å²) in [5, 5.41) is 0. The first-order valence-corrected chi connectivity index (χ1v) is 2.80. The first kappa shape index (κ1) is 5.57. The van der Waals surface area contributed by atoms with E-state index in [-0.39, 0.29) is 0 Å². The highest BCUT2D eigenvalue weighted by molar-refractivity contribution is 5.09. The smallest absolute Gasteiger partial charge is 0.0684 e. The molecule has 0 saturated heterocycles. The molecule has 0 N–H and O–H groups in total. The van der Waals surface area contributed by atoms with Crippen molar-refractivity contribution in [3.63, 3.8) is 0 Å². The van der Waals surface area contributed by atoms with Gasteiger partial charge in [-0.05, 0) is 12.0 Å². The molecular weight excluding hydrogens is 100 g/mol. The molecule has 0 aliphatic carbocycles. The van der Waals surface area contributed by atoms with E-state index in [1.165, 1.54) is 5.57 Å². The number of hydrogen-bond acceptors (Lipinski definition) is 1. The largest absolute Gasteiger partial charge is 0.373 e. The minimum Gasteiger partial charge on any atom is -0.373 e. The maximum atomic E-state index is 5.07. The van der Waals surface area contributed by atoms with Crippen LogP contribution >= 0.6 is 0 Å². The SMILES string of the molecule is C=CCC1=CCOC1. The van der Waals surface area contributed by atoms with Crippen LogP contribution in [0.3, 0.4) is 0 Å². The van der Waals surface area contributed by atoms with Crippen LogP contribution in [0, 0.1) is 0 Å². The van der Waals surface area contributed by atoms with Crippen LogP contribution in [0.1, 0.15) is 6.42 Å². The zero-order valence-corrected chi connectivity index (χ0v) is 4.89. The maximum Gasteiger partial charge on any atom is 0.0684 e. The maximum absolute atomic E-state index is 5.07. The number of rotatable bonds is 2. The molecule has 0 radical (unpaired) electrons. The van der Waals surface area contributed by atoms with Crippen LogP contribution < -0.4 is 0 Å². The molecule has 1 heteroatoms. The zero-order valence-electron chi connectivity index (χ0n) is 4.89. The van der Waals surface area contributed by atoms with Gasteiger partial charge in [0, 0.05) is 0 Å². The minimum atomic E-state index is 0.795. The number of hydrogen-bond donors (Lipinski definition) is 0. The van der Waals surface area contributed by atoms with Gasteiger partial charge in [-0.15, -0.1) is 6.58 Å². The molecule has 0 aromatic rings. The molecule has 1 aliphatic heterocycles. The van der Waals surface area contributed by atoms with Crippen molar-refractivity contribution < 1.29 is 4.74 Å². The lowest BCUT2D eigenvalue weighted by Gasteiger charge is -1.90. The summed E-state index contributed by atoms with van der Waals surface area (Å²) >= 11 is 0. The van der Waals surface area contributed by atoms with Gasteiger partial charge in [-0.25, -0.2) is 0 Å². The average molecular weight is 110 g/mol. The lowest BCUT2D eigenvalue weighted by molar-refractivity contribution is 0.207. The predicted octanol–water partition coefficient (Wildman–Crippen LogP) is 1.52. The van der Waals surface area contributed by atoms with Crippen LogP contribution in [-0.2, 0) is 4.74 Å². The van der Waals surface area contributed by atoms with E-state index in [1.807, 2.05) is 6.08 Å². The van der Waals surface area contributed by atoms with Gasteiger partial charge >= 0.3 is 0 Å². The van der Waals surface area contributed by atoms with Crippen molar-refractivity contribution in [3.05, 3.63) is 24.3 Å². The number of allylic oxidation sites excluding steroid dienone is 1. The molecule has 0 unspecified atom stereocenters. The molecule has 0 bridgehead atoms. The van der Waals surface area contributed by atoms with E-state index in [0.717, 1.165) is 19.6 Å². The highest BCUT2D eigenvalue weighted by atomic mass is 16.5. The van der Waals surface area contributed by atoms with Crippen LogP contribution in [0.15, 0.2) is 24.3 Å². The van der Waals surface area contributed by atoms with Crippen LogP contribution in [0.5, 0.6) is 0 Å². The summed E-state index contributed by atoms with van der Waals surface area (Å²) in [5.41, 5.74) is 1.36. The van der Waals surface area contributed by atoms with Gasteiger partial charge in [-0.3, -0.25) is 0 Å². The molecule has 1 nitrogen and oxygen atoms in total. The molecule has 0 amide bonds. The summed E-state index contributed by atoms with van der Waals surface area (Å²) < 4.78 is 5.07. The van der Waals surface area contributed by atoms with E-state index in [4.69, 9.17) is 4.74 Å². The topological polar surface area (TPSA) is 9.23 Å². The van der Waals surface area contributed by atoms with Crippen molar-refractivity contribution in [2.24, 2.45) is 0 Å². The fourth-order valence-corrected chi connectivity index (χ4v) is 0.753. The molecule has 44 valence electrons. The Morgan fingerprint density at radius 2 is 2.75 bits per heavy atom. The molecule has 8 heavy (non-hydrogen) atoms. The lowest BCUT2D eigenvalue weighted by Crippen LogP contribution is -1.84. The highest BCUT2D eigenvalue weighted by Crippen LogP contribution is 2.07. The Hall–Kier alpha value is -0.560. The third-order valence-electron chi connectivity index (χ3n) is 1.18. The van der Waals surface area contributed by atoms with E-state index in [2.05, 4.69) is 12.7 Å². The van der Waals surface area contributed by atoms with E-state index in [9.17, 15) is 0 Å². The molecule has 1 aliphatic rings. The fourth-order valence-electron chi connectivity index (χ4n) is 0.753. The van der Waals surface area contributed by atoms with E-state index >= 15 is 0 Å². The van der Waals surface area contributed by atoms with Crippen molar-refractivity contribution in [2.75, 3.05) is 13.2 Å². The molecule has 0 atom stereocenters. The van der Waals surface area contributed by atoms with Crippen LogP contribution in [0.2, 0.25) is 0 Å². The van der Waals surface area contributed by atoms with Crippen LogP contribution in [0.4, 0.5) is 0 Å². The lowest BCUT2D eigenvalue weighted by atomic mass is 10.2. The minimum absolute atomic E-state index is 0.795. The molecular formula is C7H10O. The Labute approximate surface area is 49.7 Å². The van der Waals surface area contributed by atoms with Crippen LogP contribution in [0.25, 0.3) is 0 Å². The molecule has 0 aromatic heterocycles. The van der Waals surface area contributed by atoms with Gasteiger partial charge in [0.25, 0.3) is 0 Å². The third-order valence-corrected chi connectivity index (χ3v) is 1.18. The Bertz CT molecular complexity index is 114. The molecule has 1 rings (SSSR count). The molecule has 1 heterocycles. The van der Waals surface area contributed by atoms with Gasteiger partial charge in [-0.1, -0.05) is 12.2 Å². The summed E-state index contributed by atoms with van der Waals surface area (Å²) in [5.74, 6) is 0. The second-order valence-corrected chi connectivity index (χ2v) is 1.87. The monoisotopic (exact) mass is 110 g/mol. The van der Waals surface area contributed by atoms with Crippen LogP contribution in [-0.4, -0.2) is 13.2 Å². The predicted molar refractivity (Wildman–Crippen MR) is 33.7 cm³/mol. The molecule has 0 aromatic carbocycles. The summed E-state index contributed by atoms with van der Waals surface area (Å²) in [4.78, 5) is 0. The van der Waals surface area contributed by atoms with Gasteiger partial charge in [0.05, 0.1) is 13.2 Å². The van der Waals surface area contributed by atoms with Gasteiger partial charge in [0.2, 0.25) is 0 Å². The first-order valence-electron chi connectivity index (χ1n) is 2.80. The van der Waals surface area contributed by atoms with E-state index < -0.39 is 0 Å². The van der Waals surface area contributed by atoms with Crippen molar-refractivity contribution in [1.29, 1.82) is 0 Å². The van der Waals surface area contributed by atoms with Crippen molar-refractivity contribution in [2.45, 2.75) is 6.42 Å². The second kappa shape index (κ2) is 2.68. The van der Waals surface area contributed by atoms with Crippen molar-refractivity contribution in [3.8, 4) is 0 Å². The highest BCUT2D eigenvalue weighted by Gasteiger charge is 2.00. The van der Waals surface area contributed by atoms with Gasteiger partial charge in [-0.2, -0.15) is 0 Å². The zero-order chi connectivity index (χ0) is 5.82. The summed E-state index contributed by atoms with van der Waals surface area (Å²) in [6.07, 6.45) is 5.00. The average Bonchev–Trinajstić information content (AvgIpc) is 2.19. The van der Waals surface area contributed by atoms with Crippen molar-refractivity contribution >= 4 is 0 Å². The second-order valence-electron chi connectivity index (χ2n) is 1.87. The molecule has 0 spiro atoms. The quantitative estimate of drug-likeness (QED) is 0.490. The van der Waals surface area contributed by atoms with Gasteiger partial charge in [0.1, 0.15) is 0 Å². The third kappa shape index (κ3) is 1.20. The molecule has 0 fully saturated rings. The van der Waals surface area contributed by atoms with E-state index in [1.54, 1.807) is 0 Å². The Kier molecular flexibility index (Phi) is 1.86. The normalized spacial score (nSPS) is 18.2. The summed E-state index contributed by atoms with van der Waals surface area (Å²) in [6, 6.07) is 0. The first-order chi connectivity index (χ1) is 3.93. The fraction of sp³-hybridized carbons (Fsp3) is 0.429. The number of ether oxygens (including phenoxy) is 1. The molecule has 0 saturated carbocycles.